The van der Waals surface area contributed by atoms with Crippen LogP contribution in [-0.4, -0.2) is 37.5 Å². The standard InChI is InChI=1S/2C14H19NO2/c2*1-5-13-8-15(14(16)17-13)12-6-9(2)11(4)10(3)7-12/h2*6-7,13H,5,8H2,1-4H3/t2*13-/m00/s1. The minimum atomic E-state index is -0.223. The van der Waals surface area contributed by atoms with Crippen LogP contribution in [0.5, 0.6) is 0 Å². The van der Waals surface area contributed by atoms with Crippen molar-refractivity contribution in [3.05, 3.63) is 57.6 Å². The van der Waals surface area contributed by atoms with Crippen LogP contribution >= 0.6 is 0 Å². The summed E-state index contributed by atoms with van der Waals surface area (Å²) in [5.74, 6) is 0. The molecule has 6 nitrogen and oxygen atoms in total. The average molecular weight is 467 g/mol. The van der Waals surface area contributed by atoms with Crippen LogP contribution in [0.15, 0.2) is 24.3 Å². The van der Waals surface area contributed by atoms with E-state index in [4.69, 9.17) is 9.47 Å². The highest BCUT2D eigenvalue weighted by atomic mass is 16.6. The number of hydrogen-bond acceptors (Lipinski definition) is 4. The second-order valence-electron chi connectivity index (χ2n) is 9.46. The molecule has 0 unspecified atom stereocenters. The van der Waals surface area contributed by atoms with Crippen molar-refractivity contribution < 1.29 is 19.1 Å². The molecule has 2 aliphatic rings. The van der Waals surface area contributed by atoms with Crippen LogP contribution in [0.3, 0.4) is 0 Å². The number of hydrogen-bond donors (Lipinski definition) is 0. The lowest BCUT2D eigenvalue weighted by atomic mass is 10.0. The van der Waals surface area contributed by atoms with Crippen molar-refractivity contribution >= 4 is 23.6 Å². The van der Waals surface area contributed by atoms with Crippen LogP contribution in [0, 0.1) is 41.5 Å². The Labute approximate surface area is 203 Å². The largest absolute Gasteiger partial charge is 0.444 e. The fourth-order valence-corrected chi connectivity index (χ4v) is 4.23. The summed E-state index contributed by atoms with van der Waals surface area (Å²) in [5.41, 5.74) is 9.33. The van der Waals surface area contributed by atoms with Crippen molar-refractivity contribution in [2.45, 2.75) is 80.4 Å². The molecule has 6 heteroatoms. The number of amides is 2. The third-order valence-corrected chi connectivity index (χ3v) is 7.11. The van der Waals surface area contributed by atoms with E-state index in [1.807, 2.05) is 13.8 Å². The van der Waals surface area contributed by atoms with Crippen LogP contribution in [0.1, 0.15) is 60.1 Å². The summed E-state index contributed by atoms with van der Waals surface area (Å²) < 4.78 is 10.5. The summed E-state index contributed by atoms with van der Waals surface area (Å²) in [6, 6.07) is 8.23. The molecule has 2 aliphatic heterocycles. The first-order valence-corrected chi connectivity index (χ1v) is 12.2. The van der Waals surface area contributed by atoms with Gasteiger partial charge in [-0.2, -0.15) is 0 Å². The highest BCUT2D eigenvalue weighted by Gasteiger charge is 2.32. The highest BCUT2D eigenvalue weighted by molar-refractivity contribution is 5.90. The molecule has 0 aliphatic carbocycles. The zero-order valence-electron chi connectivity index (χ0n) is 21.8. The van der Waals surface area contributed by atoms with Crippen LogP contribution in [0.25, 0.3) is 0 Å². The van der Waals surface area contributed by atoms with Gasteiger partial charge in [-0.25, -0.2) is 9.59 Å². The lowest BCUT2D eigenvalue weighted by Gasteiger charge is -2.16. The minimum Gasteiger partial charge on any atom is -0.444 e. The topological polar surface area (TPSA) is 59.1 Å². The van der Waals surface area contributed by atoms with E-state index in [0.717, 1.165) is 24.2 Å². The summed E-state index contributed by atoms with van der Waals surface area (Å²) in [6.45, 7) is 17.9. The normalized spacial score (nSPS) is 19.6. The van der Waals surface area contributed by atoms with Gasteiger partial charge in [0.2, 0.25) is 0 Å². The molecule has 2 fully saturated rings. The third-order valence-electron chi connectivity index (χ3n) is 7.11. The molecule has 0 aromatic heterocycles. The molecule has 2 aromatic rings. The SMILES string of the molecule is CC[C@H]1CN(c2cc(C)c(C)c(C)c2)C(=O)O1.CC[C@H]1CN(c2cc(C)c(C)c(C)c2)C(=O)O1. The van der Waals surface area contributed by atoms with Crippen molar-refractivity contribution in [2.24, 2.45) is 0 Å². The Balaban J connectivity index is 0.000000191. The van der Waals surface area contributed by atoms with E-state index in [2.05, 4.69) is 65.8 Å². The quantitative estimate of drug-likeness (QED) is 0.503. The fraction of sp³-hybridized carbons (Fsp3) is 0.500. The zero-order valence-corrected chi connectivity index (χ0v) is 21.8. The first-order valence-electron chi connectivity index (χ1n) is 12.2. The van der Waals surface area contributed by atoms with Gasteiger partial charge < -0.3 is 9.47 Å². The summed E-state index contributed by atoms with van der Waals surface area (Å²) in [7, 11) is 0. The maximum Gasteiger partial charge on any atom is 0.414 e. The number of anilines is 2. The molecule has 0 bridgehead atoms. The number of carbonyl (C=O) groups excluding carboxylic acids is 2. The van der Waals surface area contributed by atoms with Gasteiger partial charge in [0.15, 0.2) is 0 Å². The van der Waals surface area contributed by atoms with Crippen LogP contribution in [-0.2, 0) is 9.47 Å². The minimum absolute atomic E-state index is 0.0319. The number of aryl methyl sites for hydroxylation is 4. The second kappa shape index (κ2) is 10.5. The maximum absolute atomic E-state index is 11.8. The summed E-state index contributed by atoms with van der Waals surface area (Å²) in [6.07, 6.45) is 1.35. The van der Waals surface area contributed by atoms with Crippen molar-refractivity contribution in [3.8, 4) is 0 Å². The monoisotopic (exact) mass is 466 g/mol. The van der Waals surface area contributed by atoms with E-state index >= 15 is 0 Å². The Morgan fingerprint density at radius 3 is 1.18 bits per heavy atom. The van der Waals surface area contributed by atoms with E-state index < -0.39 is 0 Å². The molecular weight excluding hydrogens is 428 g/mol. The van der Waals surface area contributed by atoms with E-state index in [0.29, 0.717) is 13.1 Å². The molecule has 0 spiro atoms. The number of carbonyl (C=O) groups is 2. The van der Waals surface area contributed by atoms with Gasteiger partial charge >= 0.3 is 12.2 Å². The molecule has 2 heterocycles. The van der Waals surface area contributed by atoms with Gasteiger partial charge in [0.1, 0.15) is 12.2 Å². The Bertz CT molecular complexity index is 947. The Kier molecular flexibility index (Phi) is 7.90. The predicted octanol–water partition coefficient (Wildman–Crippen LogP) is 6.69. The van der Waals surface area contributed by atoms with Gasteiger partial charge in [0.05, 0.1) is 13.1 Å². The van der Waals surface area contributed by atoms with Crippen LogP contribution in [0.4, 0.5) is 21.0 Å². The number of cyclic esters (lactones) is 2. The molecule has 184 valence electrons. The third kappa shape index (κ3) is 5.37. The Hall–Kier alpha value is -3.02. The van der Waals surface area contributed by atoms with E-state index in [-0.39, 0.29) is 24.4 Å². The fourth-order valence-electron chi connectivity index (χ4n) is 4.23. The zero-order chi connectivity index (χ0) is 25.2. The van der Waals surface area contributed by atoms with Crippen LogP contribution < -0.4 is 9.80 Å². The summed E-state index contributed by atoms with van der Waals surface area (Å²) in [5, 5.41) is 0. The van der Waals surface area contributed by atoms with Gasteiger partial charge in [0, 0.05) is 11.4 Å². The van der Waals surface area contributed by atoms with E-state index in [9.17, 15) is 9.59 Å². The Morgan fingerprint density at radius 1 is 0.647 bits per heavy atom. The highest BCUT2D eigenvalue weighted by Crippen LogP contribution is 2.28. The number of ether oxygens (including phenoxy) is 2. The molecule has 0 radical (unpaired) electrons. The van der Waals surface area contributed by atoms with E-state index in [1.54, 1.807) is 9.80 Å². The first-order chi connectivity index (χ1) is 16.0. The first kappa shape index (κ1) is 25.6. The van der Waals surface area contributed by atoms with Crippen molar-refractivity contribution in [1.82, 2.24) is 0 Å². The molecule has 0 saturated carbocycles. The Morgan fingerprint density at radius 2 is 0.941 bits per heavy atom. The lowest BCUT2D eigenvalue weighted by molar-refractivity contribution is 0.138. The molecule has 4 rings (SSSR count). The lowest BCUT2D eigenvalue weighted by Crippen LogP contribution is -2.24. The number of benzene rings is 2. The van der Waals surface area contributed by atoms with E-state index in [1.165, 1.54) is 33.4 Å². The summed E-state index contributed by atoms with van der Waals surface area (Å²) in [4.78, 5) is 27.0. The second-order valence-corrected chi connectivity index (χ2v) is 9.46. The average Bonchev–Trinajstić information content (AvgIpc) is 3.37. The predicted molar refractivity (Wildman–Crippen MR) is 137 cm³/mol. The molecule has 0 N–H and O–H groups in total. The van der Waals surface area contributed by atoms with Gasteiger partial charge in [-0.05, 0) is 112 Å². The van der Waals surface area contributed by atoms with Gasteiger partial charge in [-0.15, -0.1) is 0 Å². The molecule has 34 heavy (non-hydrogen) atoms. The number of nitrogens with zero attached hydrogens (tertiary/aromatic N) is 2. The molecule has 2 atom stereocenters. The molecule has 2 aromatic carbocycles. The van der Waals surface area contributed by atoms with Crippen molar-refractivity contribution in [2.75, 3.05) is 22.9 Å². The molecular formula is C28H38N2O4. The number of rotatable bonds is 4. The van der Waals surface area contributed by atoms with Crippen LogP contribution in [0.2, 0.25) is 0 Å². The summed E-state index contributed by atoms with van der Waals surface area (Å²) >= 11 is 0. The van der Waals surface area contributed by atoms with Crippen molar-refractivity contribution in [3.63, 3.8) is 0 Å². The van der Waals surface area contributed by atoms with Gasteiger partial charge in [0.25, 0.3) is 0 Å². The van der Waals surface area contributed by atoms with Gasteiger partial charge in [-0.1, -0.05) is 13.8 Å². The maximum atomic E-state index is 11.8. The molecule has 2 saturated heterocycles. The van der Waals surface area contributed by atoms with Gasteiger partial charge in [-0.3, -0.25) is 9.80 Å². The van der Waals surface area contributed by atoms with Crippen molar-refractivity contribution in [1.29, 1.82) is 0 Å². The molecule has 2 amide bonds. The smallest absolute Gasteiger partial charge is 0.414 e.